The molecule has 6 heteroatoms. The van der Waals surface area contributed by atoms with Crippen LogP contribution in [0.15, 0.2) is 36.4 Å². The number of hydrazine groups is 2. The second kappa shape index (κ2) is 5.19. The second-order valence-electron chi connectivity index (χ2n) is 6.09. The lowest BCUT2D eigenvalue weighted by molar-refractivity contribution is 0.0945. The Morgan fingerprint density at radius 3 is 1.57 bits per heavy atom. The smallest absolute Gasteiger partial charge is 0.265 e. The highest BCUT2D eigenvalue weighted by Gasteiger charge is 2.36. The van der Waals surface area contributed by atoms with E-state index in [0.29, 0.717) is 11.1 Å². The van der Waals surface area contributed by atoms with Gasteiger partial charge in [-0.1, -0.05) is 26.0 Å². The molecular weight excluding hydrogens is 292 g/mol. The zero-order valence-electron chi connectivity index (χ0n) is 12.9. The summed E-state index contributed by atoms with van der Waals surface area (Å²) in [5.41, 5.74) is 9.14. The Labute approximate surface area is 133 Å². The summed E-state index contributed by atoms with van der Waals surface area (Å²) < 4.78 is 0. The van der Waals surface area contributed by atoms with E-state index in [-0.39, 0.29) is 17.2 Å². The van der Waals surface area contributed by atoms with Gasteiger partial charge in [0.2, 0.25) is 0 Å². The molecule has 0 spiro atoms. The number of benzene rings is 2. The Hall–Kier alpha value is -2.70. The monoisotopic (exact) mass is 310 g/mol. The SMILES string of the molecule is CC1(C)c2cc(C(=O)NN)ccc2-c2ccc(C(=O)NN)cc21. The van der Waals surface area contributed by atoms with Crippen molar-refractivity contribution in [1.29, 1.82) is 0 Å². The summed E-state index contributed by atoms with van der Waals surface area (Å²) in [6, 6.07) is 11.0. The van der Waals surface area contributed by atoms with Gasteiger partial charge >= 0.3 is 0 Å². The summed E-state index contributed by atoms with van der Waals surface area (Å²) in [6.07, 6.45) is 0. The van der Waals surface area contributed by atoms with Gasteiger partial charge in [-0.15, -0.1) is 0 Å². The largest absolute Gasteiger partial charge is 0.290 e. The Morgan fingerprint density at radius 2 is 1.22 bits per heavy atom. The molecule has 0 saturated heterocycles. The molecule has 0 heterocycles. The number of nitrogens with two attached hydrogens (primary N) is 2. The van der Waals surface area contributed by atoms with Crippen molar-refractivity contribution in [3.8, 4) is 11.1 Å². The molecular formula is C17H18N4O2. The fourth-order valence-corrected chi connectivity index (χ4v) is 3.19. The molecule has 1 aliphatic carbocycles. The van der Waals surface area contributed by atoms with Crippen LogP contribution in [0, 0.1) is 0 Å². The zero-order valence-corrected chi connectivity index (χ0v) is 12.9. The van der Waals surface area contributed by atoms with Crippen LogP contribution < -0.4 is 22.5 Å². The number of amides is 2. The number of carbonyl (C=O) groups is 2. The Morgan fingerprint density at radius 1 is 0.826 bits per heavy atom. The van der Waals surface area contributed by atoms with E-state index in [1.54, 1.807) is 12.1 Å². The molecule has 6 N–H and O–H groups in total. The summed E-state index contributed by atoms with van der Waals surface area (Å²) in [5, 5.41) is 0. The highest BCUT2D eigenvalue weighted by Crippen LogP contribution is 2.49. The second-order valence-corrected chi connectivity index (χ2v) is 6.09. The van der Waals surface area contributed by atoms with Crippen molar-refractivity contribution in [2.75, 3.05) is 0 Å². The van der Waals surface area contributed by atoms with E-state index in [1.807, 2.05) is 24.3 Å². The molecule has 0 radical (unpaired) electrons. The standard InChI is InChI=1S/C17H18N4O2/c1-17(2)13-7-9(15(22)20-18)3-5-11(13)12-6-4-10(8-14(12)17)16(23)21-19/h3-8H,18-19H2,1-2H3,(H,20,22)(H,21,23). The van der Waals surface area contributed by atoms with E-state index in [9.17, 15) is 9.59 Å². The molecule has 0 saturated carbocycles. The molecule has 2 aromatic carbocycles. The van der Waals surface area contributed by atoms with Crippen molar-refractivity contribution in [1.82, 2.24) is 10.9 Å². The van der Waals surface area contributed by atoms with Crippen LogP contribution in [0.4, 0.5) is 0 Å². The highest BCUT2D eigenvalue weighted by molar-refractivity contribution is 5.97. The zero-order chi connectivity index (χ0) is 16.8. The molecule has 0 aliphatic heterocycles. The topological polar surface area (TPSA) is 110 Å². The fraction of sp³-hybridized carbons (Fsp3) is 0.176. The van der Waals surface area contributed by atoms with E-state index in [0.717, 1.165) is 22.3 Å². The number of rotatable bonds is 2. The number of hydrogen-bond donors (Lipinski definition) is 4. The van der Waals surface area contributed by atoms with Crippen molar-refractivity contribution < 1.29 is 9.59 Å². The summed E-state index contributed by atoms with van der Waals surface area (Å²) in [5.74, 6) is 9.77. The first-order chi connectivity index (χ1) is 10.9. The molecule has 2 aromatic rings. The van der Waals surface area contributed by atoms with Crippen LogP contribution in [0.3, 0.4) is 0 Å². The summed E-state index contributed by atoms with van der Waals surface area (Å²) in [6.45, 7) is 4.12. The molecule has 3 rings (SSSR count). The third-order valence-electron chi connectivity index (χ3n) is 4.46. The van der Waals surface area contributed by atoms with E-state index >= 15 is 0 Å². The minimum Gasteiger partial charge on any atom is -0.290 e. The maximum atomic E-state index is 11.8. The summed E-state index contributed by atoms with van der Waals surface area (Å²) in [7, 11) is 0. The van der Waals surface area contributed by atoms with Crippen LogP contribution in [-0.2, 0) is 5.41 Å². The first-order valence-corrected chi connectivity index (χ1v) is 7.21. The van der Waals surface area contributed by atoms with Gasteiger partial charge in [0.25, 0.3) is 11.8 Å². The fourth-order valence-electron chi connectivity index (χ4n) is 3.19. The van der Waals surface area contributed by atoms with Gasteiger partial charge in [0.15, 0.2) is 0 Å². The predicted octanol–water partition coefficient (Wildman–Crippen LogP) is 1.20. The van der Waals surface area contributed by atoms with Crippen LogP contribution in [-0.4, -0.2) is 11.8 Å². The van der Waals surface area contributed by atoms with E-state index in [4.69, 9.17) is 11.7 Å². The molecule has 6 nitrogen and oxygen atoms in total. The predicted molar refractivity (Wildman–Crippen MR) is 87.3 cm³/mol. The van der Waals surface area contributed by atoms with Crippen molar-refractivity contribution >= 4 is 11.8 Å². The number of carbonyl (C=O) groups excluding carboxylic acids is 2. The van der Waals surface area contributed by atoms with E-state index in [1.165, 1.54) is 0 Å². The maximum absolute atomic E-state index is 11.8. The molecule has 23 heavy (non-hydrogen) atoms. The number of nitrogens with one attached hydrogen (secondary N) is 2. The van der Waals surface area contributed by atoms with E-state index < -0.39 is 0 Å². The Bertz CT molecular complexity index is 760. The average Bonchev–Trinajstić information content (AvgIpc) is 2.80. The minimum absolute atomic E-state index is 0.331. The van der Waals surface area contributed by atoms with Crippen LogP contribution in [0.5, 0.6) is 0 Å². The Kier molecular flexibility index (Phi) is 3.43. The van der Waals surface area contributed by atoms with Crippen molar-refractivity contribution in [3.63, 3.8) is 0 Å². The van der Waals surface area contributed by atoms with Gasteiger partial charge in [-0.25, -0.2) is 11.7 Å². The molecule has 1 aliphatic rings. The van der Waals surface area contributed by atoms with Gasteiger partial charge in [-0.3, -0.25) is 20.4 Å². The minimum atomic E-state index is -0.333. The van der Waals surface area contributed by atoms with Gasteiger partial charge in [-0.2, -0.15) is 0 Å². The maximum Gasteiger partial charge on any atom is 0.265 e. The molecule has 0 aromatic heterocycles. The third-order valence-corrected chi connectivity index (χ3v) is 4.46. The normalized spacial score (nSPS) is 13.9. The number of fused-ring (bicyclic) bond motifs is 3. The first kappa shape index (κ1) is 15.2. The molecule has 0 atom stereocenters. The van der Waals surface area contributed by atoms with Gasteiger partial charge in [0.05, 0.1) is 0 Å². The lowest BCUT2D eigenvalue weighted by Crippen LogP contribution is -2.30. The van der Waals surface area contributed by atoms with E-state index in [2.05, 4.69) is 24.7 Å². The molecule has 0 bridgehead atoms. The van der Waals surface area contributed by atoms with Gasteiger partial charge in [-0.05, 0) is 46.5 Å². The third kappa shape index (κ3) is 2.19. The number of nitrogen functional groups attached to an aromatic ring is 2. The van der Waals surface area contributed by atoms with Gasteiger partial charge < -0.3 is 0 Å². The molecule has 118 valence electrons. The van der Waals surface area contributed by atoms with Crippen LogP contribution in [0.25, 0.3) is 11.1 Å². The van der Waals surface area contributed by atoms with Crippen LogP contribution in [0.2, 0.25) is 0 Å². The molecule has 2 amide bonds. The van der Waals surface area contributed by atoms with Gasteiger partial charge in [0.1, 0.15) is 0 Å². The number of hydrogen-bond acceptors (Lipinski definition) is 4. The van der Waals surface area contributed by atoms with Gasteiger partial charge in [0, 0.05) is 16.5 Å². The highest BCUT2D eigenvalue weighted by atomic mass is 16.2. The first-order valence-electron chi connectivity index (χ1n) is 7.21. The quantitative estimate of drug-likeness (QED) is 0.379. The summed E-state index contributed by atoms with van der Waals surface area (Å²) in [4.78, 5) is 23.6. The van der Waals surface area contributed by atoms with Crippen LogP contribution in [0.1, 0.15) is 45.7 Å². The lowest BCUT2D eigenvalue weighted by atomic mass is 9.81. The molecule has 0 unspecified atom stereocenters. The van der Waals surface area contributed by atoms with Crippen molar-refractivity contribution in [2.24, 2.45) is 11.7 Å². The molecule has 0 fully saturated rings. The van der Waals surface area contributed by atoms with Crippen LogP contribution >= 0.6 is 0 Å². The average molecular weight is 310 g/mol. The van der Waals surface area contributed by atoms with Crippen molar-refractivity contribution in [3.05, 3.63) is 58.7 Å². The van der Waals surface area contributed by atoms with Crippen molar-refractivity contribution in [2.45, 2.75) is 19.3 Å². The Balaban J connectivity index is 2.17. The summed E-state index contributed by atoms with van der Waals surface area (Å²) >= 11 is 0. The lowest BCUT2D eigenvalue weighted by Gasteiger charge is -2.22.